The zero-order valence-electron chi connectivity index (χ0n) is 13.0. The Morgan fingerprint density at radius 1 is 1.05 bits per heavy atom. The van der Waals surface area contributed by atoms with Gasteiger partial charge in [0.15, 0.2) is 0 Å². The molecule has 21 heavy (non-hydrogen) atoms. The Kier molecular flexibility index (Phi) is 5.43. The zero-order valence-corrected chi connectivity index (χ0v) is 14.6. The third-order valence-corrected chi connectivity index (χ3v) is 4.04. The molecule has 1 N–H and O–H groups in total. The third-order valence-electron chi connectivity index (χ3n) is 3.35. The Balaban J connectivity index is 2.46. The minimum absolute atomic E-state index is 0.0925. The molecule has 0 heterocycles. The van der Waals surface area contributed by atoms with Gasteiger partial charge in [0, 0.05) is 10.0 Å². The molecule has 0 aliphatic rings. The monoisotopic (exact) mass is 347 g/mol. The molecule has 0 fully saturated rings. The van der Waals surface area contributed by atoms with Crippen molar-refractivity contribution in [3.63, 3.8) is 0 Å². The lowest BCUT2D eigenvalue weighted by Gasteiger charge is -2.23. The molecule has 1 unspecified atom stereocenters. The highest BCUT2D eigenvalue weighted by Crippen LogP contribution is 2.34. The fraction of sp³-hybridized carbons (Fsp3) is 0.333. The summed E-state index contributed by atoms with van der Waals surface area (Å²) in [4.78, 5) is 0. The van der Waals surface area contributed by atoms with Crippen LogP contribution in [0.25, 0.3) is 0 Å². The second kappa shape index (κ2) is 7.10. The lowest BCUT2D eigenvalue weighted by Crippen LogP contribution is -2.20. The lowest BCUT2D eigenvalue weighted by molar-refractivity contribution is 0.238. The number of halogens is 1. The first-order valence-corrected chi connectivity index (χ1v) is 8.01. The molecule has 112 valence electrons. The van der Waals surface area contributed by atoms with Crippen molar-refractivity contribution in [1.29, 1.82) is 0 Å². The van der Waals surface area contributed by atoms with E-state index in [-0.39, 0.29) is 12.1 Å². The predicted octanol–water partition coefficient (Wildman–Crippen LogP) is 4.85. The van der Waals surface area contributed by atoms with E-state index in [9.17, 15) is 0 Å². The van der Waals surface area contributed by atoms with Crippen LogP contribution in [0, 0.1) is 6.92 Å². The van der Waals surface area contributed by atoms with Gasteiger partial charge in [0.25, 0.3) is 0 Å². The molecule has 0 aliphatic carbocycles. The van der Waals surface area contributed by atoms with Crippen LogP contribution in [0.5, 0.6) is 5.75 Å². The van der Waals surface area contributed by atoms with Crippen molar-refractivity contribution in [1.82, 2.24) is 5.32 Å². The number of aryl methyl sites for hydroxylation is 1. The average Bonchev–Trinajstić information content (AvgIpc) is 2.43. The van der Waals surface area contributed by atoms with Crippen LogP contribution < -0.4 is 10.1 Å². The molecule has 0 aliphatic heterocycles. The number of para-hydroxylation sites is 1. The second-order valence-corrected chi connectivity index (χ2v) is 6.31. The Hall–Kier alpha value is -1.32. The van der Waals surface area contributed by atoms with Crippen molar-refractivity contribution in [2.75, 3.05) is 7.05 Å². The SMILES string of the molecule is CNC(c1ccc(C)cc1Br)c1ccccc1OC(C)C. The van der Waals surface area contributed by atoms with Crippen molar-refractivity contribution < 1.29 is 4.74 Å². The summed E-state index contributed by atoms with van der Waals surface area (Å²) in [7, 11) is 1.98. The van der Waals surface area contributed by atoms with Gasteiger partial charge in [-0.3, -0.25) is 0 Å². The number of hydrogen-bond acceptors (Lipinski definition) is 2. The molecule has 0 radical (unpaired) electrons. The molecule has 0 spiro atoms. The molecule has 2 aromatic carbocycles. The van der Waals surface area contributed by atoms with Gasteiger partial charge in [-0.1, -0.05) is 46.3 Å². The summed E-state index contributed by atoms with van der Waals surface area (Å²) in [6.45, 7) is 6.19. The number of ether oxygens (including phenoxy) is 1. The summed E-state index contributed by atoms with van der Waals surface area (Å²) < 4.78 is 7.07. The maximum atomic E-state index is 5.96. The topological polar surface area (TPSA) is 21.3 Å². The Labute approximate surface area is 135 Å². The van der Waals surface area contributed by atoms with E-state index < -0.39 is 0 Å². The minimum Gasteiger partial charge on any atom is -0.491 e. The molecule has 2 rings (SSSR count). The number of nitrogens with one attached hydrogen (secondary N) is 1. The molecule has 1 atom stereocenters. The highest BCUT2D eigenvalue weighted by Gasteiger charge is 2.19. The molecule has 0 saturated heterocycles. The number of benzene rings is 2. The fourth-order valence-electron chi connectivity index (χ4n) is 2.43. The Morgan fingerprint density at radius 2 is 1.76 bits per heavy atom. The first-order valence-electron chi connectivity index (χ1n) is 7.21. The summed E-state index contributed by atoms with van der Waals surface area (Å²) in [5.74, 6) is 0.930. The van der Waals surface area contributed by atoms with Gasteiger partial charge in [0.05, 0.1) is 12.1 Å². The van der Waals surface area contributed by atoms with Gasteiger partial charge in [-0.05, 0) is 51.1 Å². The molecule has 0 aromatic heterocycles. The van der Waals surface area contributed by atoms with Crippen LogP contribution in [0.3, 0.4) is 0 Å². The van der Waals surface area contributed by atoms with Gasteiger partial charge in [0.1, 0.15) is 5.75 Å². The third kappa shape index (κ3) is 3.86. The largest absolute Gasteiger partial charge is 0.491 e. The highest BCUT2D eigenvalue weighted by atomic mass is 79.9. The van der Waals surface area contributed by atoms with Gasteiger partial charge in [-0.25, -0.2) is 0 Å². The molecule has 2 nitrogen and oxygen atoms in total. The summed E-state index contributed by atoms with van der Waals surface area (Å²) in [5, 5.41) is 3.40. The van der Waals surface area contributed by atoms with E-state index >= 15 is 0 Å². The molecule has 2 aromatic rings. The van der Waals surface area contributed by atoms with Gasteiger partial charge in [-0.15, -0.1) is 0 Å². The van der Waals surface area contributed by atoms with Crippen LogP contribution in [-0.4, -0.2) is 13.2 Å². The van der Waals surface area contributed by atoms with Crippen molar-refractivity contribution in [3.05, 3.63) is 63.6 Å². The summed E-state index contributed by atoms with van der Waals surface area (Å²) in [5.41, 5.74) is 3.60. The molecule has 0 bridgehead atoms. The quantitative estimate of drug-likeness (QED) is 0.834. The van der Waals surface area contributed by atoms with Gasteiger partial charge >= 0.3 is 0 Å². The van der Waals surface area contributed by atoms with Crippen molar-refractivity contribution >= 4 is 15.9 Å². The van der Waals surface area contributed by atoms with Crippen molar-refractivity contribution in [3.8, 4) is 5.75 Å². The van der Waals surface area contributed by atoms with Gasteiger partial charge in [-0.2, -0.15) is 0 Å². The van der Waals surface area contributed by atoms with Crippen LogP contribution in [0.2, 0.25) is 0 Å². The van der Waals surface area contributed by atoms with Crippen LogP contribution >= 0.6 is 15.9 Å². The van der Waals surface area contributed by atoms with Gasteiger partial charge < -0.3 is 10.1 Å². The molecule has 0 amide bonds. The molecular weight excluding hydrogens is 326 g/mol. The smallest absolute Gasteiger partial charge is 0.124 e. The van der Waals surface area contributed by atoms with Crippen LogP contribution in [-0.2, 0) is 0 Å². The standard InChI is InChI=1S/C18H22BrNO/c1-12(2)21-17-8-6-5-7-15(17)18(20-4)14-10-9-13(3)11-16(14)19/h5-12,18,20H,1-4H3. The first kappa shape index (κ1) is 16.1. The fourth-order valence-corrected chi connectivity index (χ4v) is 3.15. The average molecular weight is 348 g/mol. The first-order chi connectivity index (χ1) is 10.0. The Bertz CT molecular complexity index is 610. The second-order valence-electron chi connectivity index (χ2n) is 5.45. The van der Waals surface area contributed by atoms with E-state index in [0.29, 0.717) is 0 Å². The van der Waals surface area contributed by atoms with Gasteiger partial charge in [0.2, 0.25) is 0 Å². The van der Waals surface area contributed by atoms with Crippen LogP contribution in [0.15, 0.2) is 46.9 Å². The minimum atomic E-state index is 0.0925. The normalized spacial score (nSPS) is 12.5. The van der Waals surface area contributed by atoms with E-state index in [4.69, 9.17) is 4.74 Å². The zero-order chi connectivity index (χ0) is 15.4. The maximum Gasteiger partial charge on any atom is 0.124 e. The maximum absolute atomic E-state index is 5.96. The molecule has 0 saturated carbocycles. The van der Waals surface area contributed by atoms with E-state index in [0.717, 1.165) is 15.8 Å². The number of rotatable bonds is 5. The summed E-state index contributed by atoms with van der Waals surface area (Å²) in [6, 6.07) is 14.7. The van der Waals surface area contributed by atoms with Crippen molar-refractivity contribution in [2.45, 2.75) is 32.9 Å². The van der Waals surface area contributed by atoms with Crippen LogP contribution in [0.4, 0.5) is 0 Å². The molecular formula is C18H22BrNO. The van der Waals surface area contributed by atoms with E-state index in [1.165, 1.54) is 11.1 Å². The van der Waals surface area contributed by atoms with Crippen molar-refractivity contribution in [2.24, 2.45) is 0 Å². The van der Waals surface area contributed by atoms with E-state index in [1.807, 2.05) is 33.0 Å². The molecule has 3 heteroatoms. The lowest BCUT2D eigenvalue weighted by atomic mass is 9.97. The van der Waals surface area contributed by atoms with E-state index in [2.05, 4.69) is 58.5 Å². The summed E-state index contributed by atoms with van der Waals surface area (Å²) >= 11 is 3.68. The van der Waals surface area contributed by atoms with E-state index in [1.54, 1.807) is 0 Å². The number of hydrogen-bond donors (Lipinski definition) is 1. The van der Waals surface area contributed by atoms with Crippen LogP contribution in [0.1, 0.15) is 36.6 Å². The highest BCUT2D eigenvalue weighted by molar-refractivity contribution is 9.10. The Morgan fingerprint density at radius 3 is 2.38 bits per heavy atom. The predicted molar refractivity (Wildman–Crippen MR) is 92.0 cm³/mol. The summed E-state index contributed by atoms with van der Waals surface area (Å²) in [6.07, 6.45) is 0.158.